The summed E-state index contributed by atoms with van der Waals surface area (Å²) in [4.78, 5) is 42.1. The van der Waals surface area contributed by atoms with Crippen molar-refractivity contribution in [1.82, 2.24) is 39.9 Å². The van der Waals surface area contributed by atoms with Gasteiger partial charge in [-0.3, -0.25) is 0 Å². The number of hydrogen-bond donors (Lipinski definition) is 0. The van der Waals surface area contributed by atoms with Gasteiger partial charge < -0.3 is 34.6 Å². The summed E-state index contributed by atoms with van der Waals surface area (Å²) in [5.74, 6) is 3.18. The van der Waals surface area contributed by atoms with Crippen LogP contribution in [0.5, 0.6) is 11.5 Å². The van der Waals surface area contributed by atoms with Gasteiger partial charge in [-0.05, 0) is 39.7 Å². The predicted molar refractivity (Wildman–Crippen MR) is 195 cm³/mol. The number of rotatable bonds is 3. The minimum Gasteiger partial charge on any atom is -0.456 e. The molecule has 51 heavy (non-hydrogen) atoms. The van der Waals surface area contributed by atoms with Gasteiger partial charge in [-0.2, -0.15) is 0 Å². The molecule has 0 atom stereocenters. The monoisotopic (exact) mass is 711 g/mol. The fraction of sp³-hybridized carbons (Fsp3) is 0.0500. The van der Waals surface area contributed by atoms with Crippen LogP contribution in [0.3, 0.4) is 0 Å². The van der Waals surface area contributed by atoms with E-state index in [-0.39, 0.29) is 19.5 Å². The maximum absolute atomic E-state index is 6.57. The minimum atomic E-state index is 0. The summed E-state index contributed by atoms with van der Waals surface area (Å²) in [6, 6.07) is 37.6. The Bertz CT molecular complexity index is 2860. The molecule has 10 nitrogen and oxygen atoms in total. The molecule has 11 heteroatoms. The van der Waals surface area contributed by atoms with E-state index in [9.17, 15) is 0 Å². The molecule has 0 N–H and O–H groups in total. The average Bonchev–Trinajstić information content (AvgIpc) is 3.88. The predicted octanol–water partition coefficient (Wildman–Crippen LogP) is 7.98. The third-order valence-electron chi connectivity index (χ3n) is 8.97. The standard InChI is InChI=1S/C40H25N9O.Zn/c1-49(2)22-11-9-12-23(21-22)50-31-20-10-19-30-32(31)40-47-38-29-18-8-7-17-28(29)36(45-38)43-34-25-14-4-3-13-24(25)33(41-34)42-35-26-15-5-6-16-27(26)37(44-35)46-39(30)48-40;/h3-21H,1-2H3;/q-2;+2. The van der Waals surface area contributed by atoms with Gasteiger partial charge in [-0.15, -0.1) is 0 Å². The number of nitrogens with zero attached hydrogens (tertiary/aromatic N) is 9. The van der Waals surface area contributed by atoms with Crippen molar-refractivity contribution in [1.29, 1.82) is 0 Å². The maximum atomic E-state index is 6.57. The van der Waals surface area contributed by atoms with Gasteiger partial charge in [0.15, 0.2) is 11.6 Å². The second kappa shape index (κ2) is 11.9. The molecule has 0 saturated carbocycles. The molecule has 0 unspecified atom stereocenters. The number of fused-ring (bicyclic) bond motifs is 20. The van der Waals surface area contributed by atoms with E-state index >= 15 is 0 Å². The second-order valence-corrected chi connectivity index (χ2v) is 12.3. The van der Waals surface area contributed by atoms with Crippen LogP contribution >= 0.6 is 0 Å². The zero-order valence-corrected chi connectivity index (χ0v) is 30.6. The molecule has 0 amide bonds. The maximum Gasteiger partial charge on any atom is 2.00 e. The molecule has 3 aromatic heterocycles. The molecule has 5 heterocycles. The summed E-state index contributed by atoms with van der Waals surface area (Å²) in [5, 5.41) is 3.46. The fourth-order valence-corrected chi connectivity index (χ4v) is 6.56. The van der Waals surface area contributed by atoms with Crippen LogP contribution in [0.2, 0.25) is 0 Å². The van der Waals surface area contributed by atoms with Crippen molar-refractivity contribution in [2.45, 2.75) is 0 Å². The molecule has 0 radical (unpaired) electrons. The molecule has 0 aliphatic carbocycles. The van der Waals surface area contributed by atoms with E-state index in [1.807, 2.05) is 134 Å². The first-order valence-corrected chi connectivity index (χ1v) is 16.2. The zero-order chi connectivity index (χ0) is 33.3. The van der Waals surface area contributed by atoms with Crippen molar-refractivity contribution < 1.29 is 24.2 Å². The molecule has 0 saturated heterocycles. The molecular formula is C40H25N9OZn. The van der Waals surface area contributed by atoms with Crippen molar-refractivity contribution in [3.05, 3.63) is 115 Å². The van der Waals surface area contributed by atoms with E-state index in [1.165, 1.54) is 0 Å². The molecule has 2 aliphatic rings. The average molecular weight is 713 g/mol. The summed E-state index contributed by atoms with van der Waals surface area (Å²) >= 11 is 0. The number of benzene rings is 5. The van der Waals surface area contributed by atoms with Crippen LogP contribution in [0.25, 0.3) is 89.7 Å². The Balaban J connectivity index is 0.00000348. The van der Waals surface area contributed by atoms with Crippen molar-refractivity contribution in [3.63, 3.8) is 0 Å². The first-order chi connectivity index (χ1) is 24.6. The van der Waals surface area contributed by atoms with E-state index in [2.05, 4.69) is 0 Å². The smallest absolute Gasteiger partial charge is 0.456 e. The van der Waals surface area contributed by atoms with Crippen LogP contribution in [-0.4, -0.2) is 44.0 Å². The van der Waals surface area contributed by atoms with Crippen molar-refractivity contribution >= 4 is 49.8 Å². The summed E-state index contributed by atoms with van der Waals surface area (Å²) in [7, 11) is 4.00. The van der Waals surface area contributed by atoms with E-state index in [4.69, 9.17) is 44.6 Å². The first-order valence-electron chi connectivity index (χ1n) is 16.2. The molecule has 10 rings (SSSR count). The Morgan fingerprint density at radius 1 is 0.471 bits per heavy atom. The topological polar surface area (TPSA) is 118 Å². The van der Waals surface area contributed by atoms with Gasteiger partial charge in [-0.1, -0.05) is 91.0 Å². The number of ether oxygens (including phenoxy) is 1. The van der Waals surface area contributed by atoms with Crippen LogP contribution in [0.4, 0.5) is 5.69 Å². The van der Waals surface area contributed by atoms with Gasteiger partial charge >= 0.3 is 19.5 Å². The van der Waals surface area contributed by atoms with Crippen LogP contribution in [0.1, 0.15) is 0 Å². The van der Waals surface area contributed by atoms with Gasteiger partial charge in [0.1, 0.15) is 11.5 Å². The number of hydrogen-bond acceptors (Lipinski definition) is 8. The largest absolute Gasteiger partial charge is 2.00 e. The Kier molecular flexibility index (Phi) is 7.19. The third-order valence-corrected chi connectivity index (χ3v) is 8.97. The van der Waals surface area contributed by atoms with E-state index in [0.717, 1.165) is 43.9 Å². The Hall–Kier alpha value is -6.32. The normalized spacial score (nSPS) is 11.6. The van der Waals surface area contributed by atoms with Crippen molar-refractivity contribution in [2.75, 3.05) is 19.0 Å². The number of anilines is 1. The molecular weight excluding hydrogens is 688 g/mol. The summed E-state index contributed by atoms with van der Waals surface area (Å²) in [6.45, 7) is 0. The van der Waals surface area contributed by atoms with E-state index < -0.39 is 0 Å². The SMILES string of the molecule is CN(C)c1cccc(Oc2cccc3c2-c2nc4nc(nc5[n-]c(nc6[n-]c(nc-3n2)c2ccccc62)c2ccccc52)-c2ccccc2-4)c1.[Zn+2]. The van der Waals surface area contributed by atoms with Gasteiger partial charge in [0, 0.05) is 65.1 Å². The molecule has 238 valence electrons. The Labute approximate surface area is 304 Å². The summed E-state index contributed by atoms with van der Waals surface area (Å²) in [5.41, 5.74) is 6.28. The van der Waals surface area contributed by atoms with Gasteiger partial charge in [-0.25, -0.2) is 15.0 Å². The summed E-state index contributed by atoms with van der Waals surface area (Å²) in [6.07, 6.45) is 0. The fourth-order valence-electron chi connectivity index (χ4n) is 6.56. The first kappa shape index (κ1) is 30.7. The molecule has 8 bridgehead atoms. The van der Waals surface area contributed by atoms with E-state index in [1.54, 1.807) is 0 Å². The van der Waals surface area contributed by atoms with Crippen LogP contribution < -0.4 is 19.6 Å². The van der Waals surface area contributed by atoms with E-state index in [0.29, 0.717) is 62.9 Å². The number of aromatic nitrogens is 8. The van der Waals surface area contributed by atoms with Crippen LogP contribution in [0.15, 0.2) is 115 Å². The molecule has 8 aromatic rings. The second-order valence-electron chi connectivity index (χ2n) is 12.3. The molecule has 5 aromatic carbocycles. The minimum absolute atomic E-state index is 0. The summed E-state index contributed by atoms with van der Waals surface area (Å²) < 4.78 is 6.57. The van der Waals surface area contributed by atoms with Crippen LogP contribution in [0, 0.1) is 0 Å². The van der Waals surface area contributed by atoms with Gasteiger partial charge in [0.05, 0.1) is 17.2 Å². The van der Waals surface area contributed by atoms with Gasteiger partial charge in [0.2, 0.25) is 0 Å². The third kappa shape index (κ3) is 5.04. The van der Waals surface area contributed by atoms with Crippen LogP contribution in [-0.2, 0) is 19.5 Å². The van der Waals surface area contributed by atoms with Crippen molar-refractivity contribution in [3.8, 4) is 57.1 Å². The molecule has 2 aliphatic heterocycles. The Morgan fingerprint density at radius 3 is 1.53 bits per heavy atom. The zero-order valence-electron chi connectivity index (χ0n) is 27.6. The van der Waals surface area contributed by atoms with Gasteiger partial charge in [0.25, 0.3) is 0 Å². The Morgan fingerprint density at radius 2 is 0.941 bits per heavy atom. The quantitative estimate of drug-likeness (QED) is 0.167. The van der Waals surface area contributed by atoms with Crippen molar-refractivity contribution in [2.24, 2.45) is 0 Å². The molecule has 0 fully saturated rings. The molecule has 0 spiro atoms.